The Bertz CT molecular complexity index is 563. The molecule has 0 bridgehead atoms. The summed E-state index contributed by atoms with van der Waals surface area (Å²) in [6.07, 6.45) is 2.23. The number of hydrogen-bond acceptors (Lipinski definition) is 2. The molecule has 0 unspecified atom stereocenters. The number of aliphatic carboxylic acids is 1. The molecule has 1 saturated carbocycles. The number of aryl methyl sites for hydroxylation is 1. The number of hydrogen-bond donors (Lipinski definition) is 2. The Kier molecular flexibility index (Phi) is 4.30. The lowest BCUT2D eigenvalue weighted by Gasteiger charge is -2.36. The smallest absolute Gasteiger partial charge is 0.329 e. The molecule has 114 valence electrons. The first-order valence-corrected chi connectivity index (χ1v) is 7.16. The lowest BCUT2D eigenvalue weighted by Crippen LogP contribution is -2.56. The second kappa shape index (κ2) is 5.84. The van der Waals surface area contributed by atoms with Crippen molar-refractivity contribution in [1.29, 1.82) is 0 Å². The molecule has 0 aromatic heterocycles. The fourth-order valence-electron chi connectivity index (χ4n) is 2.75. The van der Waals surface area contributed by atoms with Gasteiger partial charge in [0.25, 0.3) is 5.91 Å². The molecule has 2 rings (SSSR count). The van der Waals surface area contributed by atoms with Crippen molar-refractivity contribution in [1.82, 2.24) is 5.32 Å². The molecule has 0 radical (unpaired) electrons. The summed E-state index contributed by atoms with van der Waals surface area (Å²) in [4.78, 5) is 23.9. The zero-order valence-electron chi connectivity index (χ0n) is 12.3. The average molecular weight is 293 g/mol. The van der Waals surface area contributed by atoms with Crippen molar-refractivity contribution < 1.29 is 19.1 Å². The molecule has 1 aromatic rings. The minimum absolute atomic E-state index is 0.103. The molecule has 1 fully saturated rings. The van der Waals surface area contributed by atoms with Crippen LogP contribution in [0.3, 0.4) is 0 Å². The highest BCUT2D eigenvalue weighted by Crippen LogP contribution is 2.32. The molecule has 0 aliphatic heterocycles. The highest BCUT2D eigenvalue weighted by molar-refractivity contribution is 5.98. The molecule has 5 heteroatoms. The first-order chi connectivity index (χ1) is 9.84. The van der Waals surface area contributed by atoms with Gasteiger partial charge in [0, 0.05) is 0 Å². The van der Waals surface area contributed by atoms with Crippen molar-refractivity contribution in [2.75, 3.05) is 0 Å². The van der Waals surface area contributed by atoms with Gasteiger partial charge in [-0.25, -0.2) is 9.18 Å². The number of amides is 1. The highest BCUT2D eigenvalue weighted by atomic mass is 19.1. The van der Waals surface area contributed by atoms with Crippen molar-refractivity contribution in [3.63, 3.8) is 0 Å². The van der Waals surface area contributed by atoms with Gasteiger partial charge >= 0.3 is 5.97 Å². The Morgan fingerprint density at radius 3 is 2.52 bits per heavy atom. The standard InChI is InChI=1S/C16H20FNO3/c1-10-5-7-16(8-6-10,15(20)21)18-14(19)12-9-11(2)3-4-13(12)17/h3-4,9-10H,5-8H2,1-2H3,(H,18,19)(H,20,21). The van der Waals surface area contributed by atoms with Crippen LogP contribution in [0.1, 0.15) is 48.5 Å². The van der Waals surface area contributed by atoms with E-state index in [9.17, 15) is 19.1 Å². The number of benzene rings is 1. The van der Waals surface area contributed by atoms with Crippen LogP contribution in [0.5, 0.6) is 0 Å². The van der Waals surface area contributed by atoms with Crippen molar-refractivity contribution in [2.24, 2.45) is 5.92 Å². The van der Waals surface area contributed by atoms with Gasteiger partial charge in [0.15, 0.2) is 0 Å². The minimum Gasteiger partial charge on any atom is -0.480 e. The summed E-state index contributed by atoms with van der Waals surface area (Å²) in [6, 6.07) is 4.23. The van der Waals surface area contributed by atoms with Gasteiger partial charge in [-0.15, -0.1) is 0 Å². The van der Waals surface area contributed by atoms with E-state index >= 15 is 0 Å². The summed E-state index contributed by atoms with van der Waals surface area (Å²) >= 11 is 0. The predicted molar refractivity (Wildman–Crippen MR) is 76.6 cm³/mol. The Morgan fingerprint density at radius 1 is 1.33 bits per heavy atom. The van der Waals surface area contributed by atoms with Crippen LogP contribution in [-0.4, -0.2) is 22.5 Å². The van der Waals surface area contributed by atoms with E-state index in [1.54, 1.807) is 13.0 Å². The number of carboxylic acids is 1. The molecule has 1 amide bonds. The van der Waals surface area contributed by atoms with Gasteiger partial charge in [-0.1, -0.05) is 18.6 Å². The van der Waals surface area contributed by atoms with Crippen LogP contribution in [0.25, 0.3) is 0 Å². The Labute approximate surface area is 123 Å². The van der Waals surface area contributed by atoms with Crippen LogP contribution < -0.4 is 5.32 Å². The van der Waals surface area contributed by atoms with Gasteiger partial charge in [0.05, 0.1) is 5.56 Å². The molecule has 4 nitrogen and oxygen atoms in total. The highest BCUT2D eigenvalue weighted by Gasteiger charge is 2.42. The van der Waals surface area contributed by atoms with Crippen LogP contribution in [0.4, 0.5) is 4.39 Å². The third kappa shape index (κ3) is 3.23. The van der Waals surface area contributed by atoms with E-state index in [4.69, 9.17) is 0 Å². The maximum Gasteiger partial charge on any atom is 0.329 e. The van der Waals surface area contributed by atoms with E-state index in [0.717, 1.165) is 18.4 Å². The fraction of sp³-hybridized carbons (Fsp3) is 0.500. The summed E-state index contributed by atoms with van der Waals surface area (Å²) in [5, 5.41) is 12.0. The van der Waals surface area contributed by atoms with Gasteiger partial charge in [0.2, 0.25) is 0 Å². The van der Waals surface area contributed by atoms with Crippen molar-refractivity contribution in [3.05, 3.63) is 35.1 Å². The van der Waals surface area contributed by atoms with Crippen LogP contribution in [-0.2, 0) is 4.79 Å². The molecule has 0 heterocycles. The average Bonchev–Trinajstić information content (AvgIpc) is 2.44. The van der Waals surface area contributed by atoms with E-state index in [1.807, 2.05) is 0 Å². The molecule has 0 saturated heterocycles. The first kappa shape index (κ1) is 15.5. The number of carbonyl (C=O) groups is 2. The minimum atomic E-state index is -1.28. The number of nitrogens with one attached hydrogen (secondary N) is 1. The summed E-state index contributed by atoms with van der Waals surface area (Å²) in [5.41, 5.74) is -0.628. The normalized spacial score (nSPS) is 25.4. The zero-order chi connectivity index (χ0) is 15.6. The molecule has 2 N–H and O–H groups in total. The topological polar surface area (TPSA) is 66.4 Å². The van der Waals surface area contributed by atoms with Gasteiger partial charge in [-0.05, 0) is 50.7 Å². The van der Waals surface area contributed by atoms with Crippen LogP contribution in [0.2, 0.25) is 0 Å². The third-order valence-corrected chi connectivity index (χ3v) is 4.26. The zero-order valence-corrected chi connectivity index (χ0v) is 12.3. The summed E-state index contributed by atoms with van der Waals surface area (Å²) in [5.74, 6) is -1.89. The molecular weight excluding hydrogens is 273 g/mol. The second-order valence-corrected chi connectivity index (χ2v) is 6.01. The largest absolute Gasteiger partial charge is 0.480 e. The van der Waals surface area contributed by atoms with Crippen LogP contribution in [0.15, 0.2) is 18.2 Å². The molecule has 1 aromatic carbocycles. The van der Waals surface area contributed by atoms with Crippen LogP contribution in [0, 0.1) is 18.7 Å². The Morgan fingerprint density at radius 2 is 1.95 bits per heavy atom. The van der Waals surface area contributed by atoms with Gasteiger partial charge in [-0.2, -0.15) is 0 Å². The number of carbonyl (C=O) groups excluding carboxylic acids is 1. The fourth-order valence-corrected chi connectivity index (χ4v) is 2.75. The lowest BCUT2D eigenvalue weighted by atomic mass is 9.77. The van der Waals surface area contributed by atoms with E-state index < -0.39 is 23.2 Å². The number of rotatable bonds is 3. The molecular formula is C16H20FNO3. The molecule has 0 spiro atoms. The summed E-state index contributed by atoms with van der Waals surface area (Å²) < 4.78 is 13.8. The predicted octanol–water partition coefficient (Wildman–Crippen LogP) is 2.90. The molecule has 0 atom stereocenters. The van der Waals surface area contributed by atoms with E-state index in [0.29, 0.717) is 18.8 Å². The molecule has 1 aliphatic carbocycles. The molecule has 1 aliphatic rings. The maximum absolute atomic E-state index is 13.8. The van der Waals surface area contributed by atoms with E-state index in [1.165, 1.54) is 12.1 Å². The van der Waals surface area contributed by atoms with Gasteiger partial charge < -0.3 is 10.4 Å². The maximum atomic E-state index is 13.8. The monoisotopic (exact) mass is 293 g/mol. The SMILES string of the molecule is Cc1ccc(F)c(C(=O)NC2(C(=O)O)CCC(C)CC2)c1. The quantitative estimate of drug-likeness (QED) is 0.900. The van der Waals surface area contributed by atoms with Crippen LogP contribution >= 0.6 is 0 Å². The van der Waals surface area contributed by atoms with Crippen molar-refractivity contribution in [3.8, 4) is 0 Å². The summed E-state index contributed by atoms with van der Waals surface area (Å²) in [6.45, 7) is 3.82. The Hall–Kier alpha value is -1.91. The molecule has 21 heavy (non-hydrogen) atoms. The van der Waals surface area contributed by atoms with E-state index in [2.05, 4.69) is 12.2 Å². The first-order valence-electron chi connectivity index (χ1n) is 7.16. The van der Waals surface area contributed by atoms with Crippen molar-refractivity contribution >= 4 is 11.9 Å². The third-order valence-electron chi connectivity index (χ3n) is 4.26. The number of carboxylic acid groups (broad SMARTS) is 1. The van der Waals surface area contributed by atoms with E-state index in [-0.39, 0.29) is 5.56 Å². The second-order valence-electron chi connectivity index (χ2n) is 6.01. The summed E-state index contributed by atoms with van der Waals surface area (Å²) in [7, 11) is 0. The van der Waals surface area contributed by atoms with Crippen molar-refractivity contribution in [2.45, 2.75) is 45.1 Å². The van der Waals surface area contributed by atoms with Gasteiger partial charge in [-0.3, -0.25) is 4.79 Å². The lowest BCUT2D eigenvalue weighted by molar-refractivity contribution is -0.146. The Balaban J connectivity index is 2.23. The number of halogens is 1. The van der Waals surface area contributed by atoms with Gasteiger partial charge in [0.1, 0.15) is 11.4 Å².